The van der Waals surface area contributed by atoms with Gasteiger partial charge in [-0.3, -0.25) is 0 Å². The molecular formula is C10H20NO5S. The summed E-state index contributed by atoms with van der Waals surface area (Å²) in [6, 6.07) is 0. The Kier molecular flexibility index (Phi) is 5.91. The van der Waals surface area contributed by atoms with Crippen LogP contribution in [-0.4, -0.2) is 44.4 Å². The summed E-state index contributed by atoms with van der Waals surface area (Å²) in [5.41, 5.74) is -0.361. The van der Waals surface area contributed by atoms with Gasteiger partial charge in [-0.15, -0.1) is 0 Å². The lowest BCUT2D eigenvalue weighted by atomic mass is 10.2. The molecule has 101 valence electrons. The highest BCUT2D eigenvalue weighted by Crippen LogP contribution is 2.14. The lowest BCUT2D eigenvalue weighted by Gasteiger charge is -2.23. The Morgan fingerprint density at radius 3 is 1.82 bits per heavy atom. The van der Waals surface area contributed by atoms with Crippen LogP contribution in [-0.2, 0) is 19.4 Å². The molecule has 0 N–H and O–H groups in total. The predicted octanol–water partition coefficient (Wildman–Crippen LogP) is 1.39. The molecule has 1 aliphatic heterocycles. The molecular weight excluding hydrogens is 246 g/mol. The fourth-order valence-corrected chi connectivity index (χ4v) is 1.23. The van der Waals surface area contributed by atoms with Crippen LogP contribution in [0.5, 0.6) is 0 Å². The molecule has 0 aromatic heterocycles. The highest BCUT2D eigenvalue weighted by molar-refractivity contribution is 7.84. The molecule has 0 atom stereocenters. The van der Waals surface area contributed by atoms with E-state index < -0.39 is 10.1 Å². The van der Waals surface area contributed by atoms with Gasteiger partial charge < -0.3 is 9.64 Å². The number of nitrogens with zero attached hydrogens (tertiary/aromatic N) is 1. The summed E-state index contributed by atoms with van der Waals surface area (Å²) in [5, 5.41) is 0. The third kappa shape index (κ3) is 11.4. The molecule has 0 unspecified atom stereocenters. The lowest BCUT2D eigenvalue weighted by Crippen LogP contribution is -2.34. The summed E-state index contributed by atoms with van der Waals surface area (Å²) in [7, 11) is -3.92. The zero-order valence-electron chi connectivity index (χ0n) is 10.7. The number of hydrogen-bond donors (Lipinski definition) is 0. The topological polar surface area (TPSA) is 83.6 Å². The van der Waals surface area contributed by atoms with Crippen LogP contribution in [0.3, 0.4) is 0 Å². The van der Waals surface area contributed by atoms with Crippen LogP contribution in [0.2, 0.25) is 0 Å². The number of carbonyl (C=O) groups is 1. The van der Waals surface area contributed by atoms with E-state index in [0.29, 0.717) is 6.26 Å². The highest BCUT2D eigenvalue weighted by atomic mass is 32.2. The maximum atomic E-state index is 11.4. The number of amides is 1. The first-order chi connectivity index (χ1) is 7.49. The largest absolute Gasteiger partial charge is 0.444 e. The van der Waals surface area contributed by atoms with Crippen molar-refractivity contribution >= 4 is 16.2 Å². The van der Waals surface area contributed by atoms with E-state index in [4.69, 9.17) is 17.7 Å². The number of rotatable bonds is 0. The second kappa shape index (κ2) is 6.20. The van der Waals surface area contributed by atoms with Crippen molar-refractivity contribution in [2.75, 3.05) is 19.3 Å². The van der Waals surface area contributed by atoms with Gasteiger partial charge in [-0.2, -0.15) is 8.42 Å². The molecule has 1 rings (SSSR count). The molecule has 1 saturated heterocycles. The summed E-state index contributed by atoms with van der Waals surface area (Å²) in [4.78, 5) is 13.1. The van der Waals surface area contributed by atoms with Gasteiger partial charge in [0, 0.05) is 13.1 Å². The van der Waals surface area contributed by atoms with Gasteiger partial charge in [0.2, 0.25) is 0 Å². The van der Waals surface area contributed by atoms with Crippen LogP contribution in [0.4, 0.5) is 4.79 Å². The average Bonchev–Trinajstić information content (AvgIpc) is 2.47. The van der Waals surface area contributed by atoms with Gasteiger partial charge in [-0.1, -0.05) is 4.55 Å². The zero-order chi connectivity index (χ0) is 13.7. The smallest absolute Gasteiger partial charge is 0.410 e. The van der Waals surface area contributed by atoms with Crippen LogP contribution in [0.1, 0.15) is 33.6 Å². The third-order valence-electron chi connectivity index (χ3n) is 1.76. The molecule has 1 amide bonds. The van der Waals surface area contributed by atoms with Crippen molar-refractivity contribution in [1.82, 2.24) is 4.90 Å². The van der Waals surface area contributed by atoms with Gasteiger partial charge in [0.1, 0.15) is 5.60 Å². The Bertz CT molecular complexity index is 330. The zero-order valence-corrected chi connectivity index (χ0v) is 11.5. The number of hydrogen-bond acceptors (Lipinski definition) is 4. The Morgan fingerprint density at radius 2 is 1.53 bits per heavy atom. The summed E-state index contributed by atoms with van der Waals surface area (Å²) in [6.45, 7) is 7.38. The molecule has 1 radical (unpaired) electrons. The predicted molar refractivity (Wildman–Crippen MR) is 62.6 cm³/mol. The summed E-state index contributed by atoms with van der Waals surface area (Å²) in [5.74, 6) is 0. The van der Waals surface area contributed by atoms with Crippen molar-refractivity contribution in [3.05, 3.63) is 0 Å². The highest BCUT2D eigenvalue weighted by Gasteiger charge is 2.23. The van der Waals surface area contributed by atoms with E-state index in [1.165, 1.54) is 0 Å². The molecule has 1 heterocycles. The monoisotopic (exact) mass is 266 g/mol. The molecule has 6 nitrogen and oxygen atoms in total. The van der Waals surface area contributed by atoms with Crippen molar-refractivity contribution < 1.29 is 22.5 Å². The number of ether oxygens (including phenoxy) is 1. The molecule has 0 spiro atoms. The van der Waals surface area contributed by atoms with Gasteiger partial charge in [0.25, 0.3) is 10.1 Å². The van der Waals surface area contributed by atoms with Crippen molar-refractivity contribution in [2.24, 2.45) is 0 Å². The Morgan fingerprint density at radius 1 is 1.18 bits per heavy atom. The van der Waals surface area contributed by atoms with Crippen LogP contribution in [0.25, 0.3) is 0 Å². The molecule has 0 aliphatic carbocycles. The Balaban J connectivity index is 0.000000437. The standard InChI is InChI=1S/C9H17NO2.CH3O3S/c1-9(2,3)12-8(11)10-6-4-5-7-10;1-5(2,3)4/h4-7H2,1-3H3;1H3. The van der Waals surface area contributed by atoms with E-state index in [9.17, 15) is 4.79 Å². The molecule has 0 bridgehead atoms. The second-order valence-electron chi connectivity index (χ2n) is 4.88. The first-order valence-electron chi connectivity index (χ1n) is 5.38. The maximum absolute atomic E-state index is 11.4. The minimum atomic E-state index is -3.92. The Hall–Kier alpha value is -0.820. The van der Waals surface area contributed by atoms with Crippen LogP contribution in [0, 0.1) is 0 Å². The second-order valence-corrected chi connectivity index (χ2v) is 6.29. The SMILES string of the molecule is CC(C)(C)OC(=O)N1CCCC1.CS([O])(=O)=O. The van der Waals surface area contributed by atoms with E-state index in [2.05, 4.69) is 0 Å². The first-order valence-corrected chi connectivity index (χ1v) is 7.19. The number of carbonyl (C=O) groups excluding carboxylic acids is 1. The summed E-state index contributed by atoms with van der Waals surface area (Å²) >= 11 is 0. The summed E-state index contributed by atoms with van der Waals surface area (Å²) in [6.07, 6.45) is 2.66. The van der Waals surface area contributed by atoms with Gasteiger partial charge in [0.15, 0.2) is 0 Å². The molecule has 0 saturated carbocycles. The quantitative estimate of drug-likeness (QED) is 0.663. The minimum absolute atomic E-state index is 0.167. The van der Waals surface area contributed by atoms with E-state index >= 15 is 0 Å². The molecule has 7 heteroatoms. The van der Waals surface area contributed by atoms with Gasteiger partial charge in [0.05, 0.1) is 6.26 Å². The van der Waals surface area contributed by atoms with Gasteiger partial charge in [-0.05, 0) is 33.6 Å². The van der Waals surface area contributed by atoms with E-state index in [1.54, 1.807) is 4.90 Å². The summed E-state index contributed by atoms with van der Waals surface area (Å²) < 4.78 is 32.4. The molecule has 0 aromatic rings. The van der Waals surface area contributed by atoms with Crippen LogP contribution in [0.15, 0.2) is 0 Å². The van der Waals surface area contributed by atoms with Gasteiger partial charge >= 0.3 is 6.09 Å². The fourth-order valence-electron chi connectivity index (χ4n) is 1.23. The van der Waals surface area contributed by atoms with Crippen molar-refractivity contribution in [1.29, 1.82) is 0 Å². The number of likely N-dealkylation sites (tertiary alicyclic amines) is 1. The Labute approximate surface area is 103 Å². The average molecular weight is 266 g/mol. The molecule has 1 fully saturated rings. The van der Waals surface area contributed by atoms with Crippen LogP contribution >= 0.6 is 0 Å². The minimum Gasteiger partial charge on any atom is -0.444 e. The normalized spacial score (nSPS) is 16.2. The fraction of sp³-hybridized carbons (Fsp3) is 0.900. The van der Waals surface area contributed by atoms with Crippen molar-refractivity contribution in [2.45, 2.75) is 39.2 Å². The van der Waals surface area contributed by atoms with Crippen molar-refractivity contribution in [3.63, 3.8) is 0 Å². The first kappa shape index (κ1) is 16.2. The lowest BCUT2D eigenvalue weighted by molar-refractivity contribution is 0.0295. The maximum Gasteiger partial charge on any atom is 0.410 e. The third-order valence-corrected chi connectivity index (χ3v) is 1.76. The van der Waals surface area contributed by atoms with E-state index in [1.807, 2.05) is 20.8 Å². The molecule has 0 aromatic carbocycles. The molecule has 1 aliphatic rings. The van der Waals surface area contributed by atoms with E-state index in [-0.39, 0.29) is 11.7 Å². The van der Waals surface area contributed by atoms with Crippen LogP contribution < -0.4 is 0 Å². The molecule has 17 heavy (non-hydrogen) atoms. The van der Waals surface area contributed by atoms with Gasteiger partial charge in [-0.25, -0.2) is 4.79 Å². The van der Waals surface area contributed by atoms with Crippen molar-refractivity contribution in [3.8, 4) is 0 Å². The van der Waals surface area contributed by atoms with E-state index in [0.717, 1.165) is 25.9 Å².